The van der Waals surface area contributed by atoms with Crippen LogP contribution in [-0.4, -0.2) is 0 Å². The van der Waals surface area contributed by atoms with Crippen molar-refractivity contribution >= 4 is 80.0 Å². The van der Waals surface area contributed by atoms with Crippen molar-refractivity contribution in [2.45, 2.75) is 13.8 Å². The van der Waals surface area contributed by atoms with Crippen LogP contribution < -0.4 is 9.80 Å². The Morgan fingerprint density at radius 2 is 0.552 bits per heavy atom. The van der Waals surface area contributed by atoms with Gasteiger partial charge in [-0.3, -0.25) is 0 Å². The first-order valence-electron chi connectivity index (χ1n) is 19.9. The molecule has 0 aliphatic carbocycles. The first-order valence-corrected chi connectivity index (χ1v) is 19.9. The van der Waals surface area contributed by atoms with Gasteiger partial charge in [-0.2, -0.15) is 0 Å². The highest BCUT2D eigenvalue weighted by atomic mass is 15.1. The van der Waals surface area contributed by atoms with Gasteiger partial charge in [0.05, 0.1) is 0 Å². The Bertz CT molecular complexity index is 2650. The van der Waals surface area contributed by atoms with Crippen LogP contribution in [0.1, 0.15) is 33.4 Å². The molecular weight excluding hydrogens is 701 g/mol. The SMILES string of the molecule is Cc1ccc(N(c2ccccc2)c2ccc(C=Cc3ccc4cc5cc(C=Cc6ccc(N(c7ccccc7)c7ccc(C)cc7)cc6)ccc5cc4c3)cc2)cc1. The van der Waals surface area contributed by atoms with Gasteiger partial charge in [-0.15, -0.1) is 0 Å². The molecule has 9 aromatic rings. The molecule has 9 rings (SSSR count). The zero-order valence-corrected chi connectivity index (χ0v) is 32.8. The minimum absolute atomic E-state index is 1.13. The summed E-state index contributed by atoms with van der Waals surface area (Å²) in [6, 6.07) is 74.1. The lowest BCUT2D eigenvalue weighted by atomic mass is 9.99. The molecule has 0 aromatic heterocycles. The number of aryl methyl sites for hydroxylation is 2. The van der Waals surface area contributed by atoms with Gasteiger partial charge >= 0.3 is 0 Å². The Morgan fingerprint density at radius 1 is 0.259 bits per heavy atom. The number of rotatable bonds is 10. The smallest absolute Gasteiger partial charge is 0.0462 e. The van der Waals surface area contributed by atoms with Gasteiger partial charge in [0, 0.05) is 34.1 Å². The molecule has 0 radical (unpaired) electrons. The third-order valence-electron chi connectivity index (χ3n) is 10.7. The van der Waals surface area contributed by atoms with E-state index in [9.17, 15) is 0 Å². The van der Waals surface area contributed by atoms with Crippen molar-refractivity contribution in [3.63, 3.8) is 0 Å². The Morgan fingerprint density at radius 3 is 0.914 bits per heavy atom. The third kappa shape index (κ3) is 8.09. The van der Waals surface area contributed by atoms with Gasteiger partial charge in [0.15, 0.2) is 0 Å². The van der Waals surface area contributed by atoms with Crippen molar-refractivity contribution < 1.29 is 0 Å². The van der Waals surface area contributed by atoms with Crippen LogP contribution >= 0.6 is 0 Å². The second kappa shape index (κ2) is 16.4. The summed E-state index contributed by atoms with van der Waals surface area (Å²) in [5.74, 6) is 0. The Kier molecular flexibility index (Phi) is 10.2. The van der Waals surface area contributed by atoms with Crippen LogP contribution in [0.3, 0.4) is 0 Å². The average Bonchev–Trinajstić information content (AvgIpc) is 3.27. The molecule has 0 bridgehead atoms. The lowest BCUT2D eigenvalue weighted by Gasteiger charge is -2.25. The second-order valence-corrected chi connectivity index (χ2v) is 14.9. The van der Waals surface area contributed by atoms with E-state index in [4.69, 9.17) is 0 Å². The van der Waals surface area contributed by atoms with Crippen molar-refractivity contribution in [2.24, 2.45) is 0 Å². The molecule has 0 fully saturated rings. The first-order chi connectivity index (χ1) is 28.5. The maximum atomic E-state index is 2.30. The van der Waals surface area contributed by atoms with E-state index in [1.54, 1.807) is 0 Å². The average molecular weight is 745 g/mol. The molecule has 2 nitrogen and oxygen atoms in total. The van der Waals surface area contributed by atoms with Gasteiger partial charge in [0.1, 0.15) is 0 Å². The molecule has 0 saturated heterocycles. The topological polar surface area (TPSA) is 6.48 Å². The van der Waals surface area contributed by atoms with Crippen molar-refractivity contribution in [3.8, 4) is 0 Å². The van der Waals surface area contributed by atoms with E-state index in [0.29, 0.717) is 0 Å². The zero-order valence-electron chi connectivity index (χ0n) is 32.8. The van der Waals surface area contributed by atoms with Crippen LogP contribution in [0.4, 0.5) is 34.1 Å². The number of fused-ring (bicyclic) bond motifs is 2. The van der Waals surface area contributed by atoms with Gasteiger partial charge < -0.3 is 9.80 Å². The van der Waals surface area contributed by atoms with Crippen LogP contribution in [0.2, 0.25) is 0 Å². The normalized spacial score (nSPS) is 11.5. The number of anilines is 6. The molecule has 0 saturated carbocycles. The predicted molar refractivity (Wildman–Crippen MR) is 251 cm³/mol. The summed E-state index contributed by atoms with van der Waals surface area (Å²) in [6.45, 7) is 4.25. The fourth-order valence-corrected chi connectivity index (χ4v) is 7.53. The minimum Gasteiger partial charge on any atom is -0.311 e. The molecule has 0 amide bonds. The Labute approximate surface area is 341 Å². The molecule has 9 aromatic carbocycles. The first kappa shape index (κ1) is 36.2. The lowest BCUT2D eigenvalue weighted by molar-refractivity contribution is 1.27. The molecule has 0 heterocycles. The highest BCUT2D eigenvalue weighted by molar-refractivity contribution is 6.00. The standard InChI is InChI=1S/C56H44N2/c1-41-13-29-53(30-14-41)57(51-9-5-3-6-10-51)55-33-23-43(24-34-55)17-19-45-21-27-47-40-50-38-46(22-28-48(50)39-49(47)37-45)20-18-44-25-35-56(36-26-44)58(52-11-7-4-8-12-52)54-31-15-42(2)16-32-54/h3-40H,1-2H3. The lowest BCUT2D eigenvalue weighted by Crippen LogP contribution is -2.09. The van der Waals surface area contributed by atoms with Crippen LogP contribution in [-0.2, 0) is 0 Å². The summed E-state index contributed by atoms with van der Waals surface area (Å²) in [4.78, 5) is 4.59. The summed E-state index contributed by atoms with van der Waals surface area (Å²) in [6.07, 6.45) is 8.80. The molecule has 0 aliphatic heterocycles. The molecule has 0 N–H and O–H groups in total. The summed E-state index contributed by atoms with van der Waals surface area (Å²) >= 11 is 0. The Hall–Kier alpha value is -7.42. The quantitative estimate of drug-likeness (QED) is 0.102. The summed E-state index contributed by atoms with van der Waals surface area (Å²) in [5, 5.41) is 4.94. The third-order valence-corrected chi connectivity index (χ3v) is 10.7. The van der Waals surface area contributed by atoms with Crippen LogP contribution in [0.5, 0.6) is 0 Å². The largest absolute Gasteiger partial charge is 0.311 e. The number of hydrogen-bond donors (Lipinski definition) is 0. The molecule has 2 heteroatoms. The Balaban J connectivity index is 0.902. The number of para-hydroxylation sites is 2. The van der Waals surface area contributed by atoms with E-state index >= 15 is 0 Å². The predicted octanol–water partition coefficient (Wildman–Crippen LogP) is 15.9. The monoisotopic (exact) mass is 744 g/mol. The number of benzene rings is 9. The van der Waals surface area contributed by atoms with Gasteiger partial charge in [-0.25, -0.2) is 0 Å². The fourth-order valence-electron chi connectivity index (χ4n) is 7.53. The molecule has 0 spiro atoms. The van der Waals surface area contributed by atoms with E-state index in [1.165, 1.54) is 43.8 Å². The summed E-state index contributed by atoms with van der Waals surface area (Å²) < 4.78 is 0. The van der Waals surface area contributed by atoms with E-state index in [-0.39, 0.29) is 0 Å². The van der Waals surface area contributed by atoms with Crippen molar-refractivity contribution in [3.05, 3.63) is 240 Å². The molecule has 0 aliphatic rings. The number of hydrogen-bond acceptors (Lipinski definition) is 2. The van der Waals surface area contributed by atoms with E-state index in [2.05, 4.69) is 254 Å². The highest BCUT2D eigenvalue weighted by Gasteiger charge is 2.13. The van der Waals surface area contributed by atoms with Crippen LogP contribution in [0, 0.1) is 13.8 Å². The van der Waals surface area contributed by atoms with E-state index < -0.39 is 0 Å². The van der Waals surface area contributed by atoms with Gasteiger partial charge in [0.2, 0.25) is 0 Å². The van der Waals surface area contributed by atoms with E-state index in [1.807, 2.05) is 0 Å². The summed E-state index contributed by atoms with van der Waals surface area (Å²) in [5.41, 5.74) is 14.0. The van der Waals surface area contributed by atoms with E-state index in [0.717, 1.165) is 45.3 Å². The maximum absolute atomic E-state index is 2.30. The second-order valence-electron chi connectivity index (χ2n) is 14.9. The number of nitrogens with zero attached hydrogens (tertiary/aromatic N) is 2. The van der Waals surface area contributed by atoms with Crippen molar-refractivity contribution in [1.29, 1.82) is 0 Å². The molecule has 58 heavy (non-hydrogen) atoms. The zero-order chi connectivity index (χ0) is 39.3. The molecule has 0 atom stereocenters. The van der Waals surface area contributed by atoms with Crippen molar-refractivity contribution in [2.75, 3.05) is 9.80 Å². The molecule has 0 unspecified atom stereocenters. The summed E-state index contributed by atoms with van der Waals surface area (Å²) in [7, 11) is 0. The van der Waals surface area contributed by atoms with Gasteiger partial charge in [-0.05, 0) is 155 Å². The minimum atomic E-state index is 1.13. The van der Waals surface area contributed by atoms with Gasteiger partial charge in [-0.1, -0.05) is 145 Å². The highest BCUT2D eigenvalue weighted by Crippen LogP contribution is 2.36. The van der Waals surface area contributed by atoms with Crippen LogP contribution in [0.15, 0.2) is 206 Å². The molecular formula is C56H44N2. The van der Waals surface area contributed by atoms with Gasteiger partial charge in [0.25, 0.3) is 0 Å². The molecule has 278 valence electrons. The van der Waals surface area contributed by atoms with Crippen molar-refractivity contribution in [1.82, 2.24) is 0 Å². The fraction of sp³-hybridized carbons (Fsp3) is 0.0357. The van der Waals surface area contributed by atoms with Crippen LogP contribution in [0.25, 0.3) is 45.8 Å². The maximum Gasteiger partial charge on any atom is 0.0462 e.